The summed E-state index contributed by atoms with van der Waals surface area (Å²) in [5, 5.41) is 17.1. The largest absolute Gasteiger partial charge is 0.295 e. The Balaban J connectivity index is 1.43. The van der Waals surface area contributed by atoms with Gasteiger partial charge >= 0.3 is 0 Å². The first-order chi connectivity index (χ1) is 13.8. The summed E-state index contributed by atoms with van der Waals surface area (Å²) in [6, 6.07) is 21.4. The van der Waals surface area contributed by atoms with Crippen LogP contribution in [0.2, 0.25) is 0 Å². The summed E-state index contributed by atoms with van der Waals surface area (Å²) in [5.41, 5.74) is 3.31. The molecule has 4 aromatic rings. The maximum absolute atomic E-state index is 13.0. The monoisotopic (exact) mass is 387 g/mol. The quantitative estimate of drug-likeness (QED) is 0.546. The van der Waals surface area contributed by atoms with Gasteiger partial charge < -0.3 is 0 Å². The number of hydrogen-bond donors (Lipinski definition) is 1. The number of hydrogen-bond acceptors (Lipinski definition) is 5. The van der Waals surface area contributed by atoms with Crippen LogP contribution in [0.3, 0.4) is 0 Å². The number of benzene rings is 2. The first-order valence-electron chi connectivity index (χ1n) is 9.13. The van der Waals surface area contributed by atoms with Crippen LogP contribution in [0.1, 0.15) is 34.9 Å². The molecule has 0 unspecified atom stereocenters. The zero-order valence-corrected chi connectivity index (χ0v) is 15.8. The summed E-state index contributed by atoms with van der Waals surface area (Å²) in [6.45, 7) is 0. The highest BCUT2D eigenvalue weighted by Gasteiger charge is 2.29. The van der Waals surface area contributed by atoms with E-state index >= 15 is 0 Å². The Morgan fingerprint density at radius 3 is 2.43 bits per heavy atom. The third-order valence-electron chi connectivity index (χ3n) is 4.62. The third-order valence-corrected chi connectivity index (χ3v) is 5.51. The second-order valence-corrected chi connectivity index (χ2v) is 7.69. The topological polar surface area (TPSA) is 72.7 Å². The summed E-state index contributed by atoms with van der Waals surface area (Å²) in [6.07, 6.45) is 2.26. The number of carbonyl (C=O) groups excluding carboxylic acids is 1. The van der Waals surface area contributed by atoms with E-state index in [9.17, 15) is 4.79 Å². The molecular weight excluding hydrogens is 370 g/mol. The molecule has 0 aliphatic heterocycles. The van der Waals surface area contributed by atoms with Crippen molar-refractivity contribution in [2.24, 2.45) is 0 Å². The molecule has 1 aliphatic carbocycles. The molecule has 1 fully saturated rings. The zero-order valence-electron chi connectivity index (χ0n) is 14.9. The van der Waals surface area contributed by atoms with Crippen molar-refractivity contribution in [2.75, 3.05) is 5.32 Å². The van der Waals surface area contributed by atoms with Gasteiger partial charge in [0.25, 0.3) is 5.91 Å². The Bertz CT molecular complexity index is 1120. The molecule has 2 aromatic carbocycles. The molecule has 138 valence electrons. The first kappa shape index (κ1) is 16.8. The second-order valence-electron chi connectivity index (χ2n) is 6.71. The minimum Gasteiger partial charge on any atom is -0.295 e. The SMILES string of the molecule is O=C(Nc1nnc(-c2ccccc2)s1)c1cc(C2CC2)nn1-c1ccccc1. The van der Waals surface area contributed by atoms with Gasteiger partial charge in [-0.3, -0.25) is 10.1 Å². The van der Waals surface area contributed by atoms with Crippen molar-refractivity contribution in [2.45, 2.75) is 18.8 Å². The van der Waals surface area contributed by atoms with E-state index in [1.165, 1.54) is 11.3 Å². The van der Waals surface area contributed by atoms with E-state index in [2.05, 4.69) is 20.6 Å². The van der Waals surface area contributed by atoms with Crippen LogP contribution in [0.25, 0.3) is 16.3 Å². The van der Waals surface area contributed by atoms with Gasteiger partial charge in [-0.15, -0.1) is 10.2 Å². The highest BCUT2D eigenvalue weighted by atomic mass is 32.1. The van der Waals surface area contributed by atoms with Crippen molar-refractivity contribution in [3.05, 3.63) is 78.1 Å². The maximum Gasteiger partial charge on any atom is 0.276 e. The van der Waals surface area contributed by atoms with Crippen LogP contribution >= 0.6 is 11.3 Å². The molecule has 0 atom stereocenters. The lowest BCUT2D eigenvalue weighted by Crippen LogP contribution is -2.16. The van der Waals surface area contributed by atoms with E-state index in [0.717, 1.165) is 34.8 Å². The smallest absolute Gasteiger partial charge is 0.276 e. The second kappa shape index (κ2) is 7.01. The standard InChI is InChI=1S/C21H17N5OS/c27-19(22-21-24-23-20(28-21)15-7-3-1-4-8-15)18-13-17(14-11-12-14)25-26(18)16-9-5-2-6-10-16/h1-10,13-14H,11-12H2,(H,22,24,27). The van der Waals surface area contributed by atoms with E-state index in [0.29, 0.717) is 16.7 Å². The van der Waals surface area contributed by atoms with Gasteiger partial charge in [0.2, 0.25) is 5.13 Å². The van der Waals surface area contributed by atoms with Crippen LogP contribution in [0, 0.1) is 0 Å². The third kappa shape index (κ3) is 3.32. The molecule has 5 rings (SSSR count). The van der Waals surface area contributed by atoms with Crippen LogP contribution in [0.15, 0.2) is 66.7 Å². The maximum atomic E-state index is 13.0. The van der Waals surface area contributed by atoms with Gasteiger partial charge in [-0.2, -0.15) is 5.10 Å². The molecule has 1 amide bonds. The molecule has 28 heavy (non-hydrogen) atoms. The molecule has 7 heteroatoms. The van der Waals surface area contributed by atoms with Crippen molar-refractivity contribution in [1.29, 1.82) is 0 Å². The molecule has 1 N–H and O–H groups in total. The summed E-state index contributed by atoms with van der Waals surface area (Å²) in [5.74, 6) is 0.224. The number of nitrogens with zero attached hydrogens (tertiary/aromatic N) is 4. The fraction of sp³-hybridized carbons (Fsp3) is 0.143. The minimum atomic E-state index is -0.237. The lowest BCUT2D eigenvalue weighted by atomic mass is 10.2. The Labute approximate surface area is 165 Å². The van der Waals surface area contributed by atoms with Crippen molar-refractivity contribution >= 4 is 22.4 Å². The summed E-state index contributed by atoms with van der Waals surface area (Å²) >= 11 is 1.35. The van der Waals surface area contributed by atoms with Gasteiger partial charge in [0.15, 0.2) is 0 Å². The van der Waals surface area contributed by atoms with Crippen molar-refractivity contribution in [3.8, 4) is 16.3 Å². The summed E-state index contributed by atoms with van der Waals surface area (Å²) < 4.78 is 1.71. The van der Waals surface area contributed by atoms with Gasteiger partial charge in [-0.05, 0) is 31.0 Å². The fourth-order valence-corrected chi connectivity index (χ4v) is 3.78. The molecular formula is C21H17N5OS. The molecule has 2 aromatic heterocycles. The van der Waals surface area contributed by atoms with E-state index in [4.69, 9.17) is 0 Å². The molecule has 0 bridgehead atoms. The van der Waals surface area contributed by atoms with Crippen LogP contribution in [0.4, 0.5) is 5.13 Å². The van der Waals surface area contributed by atoms with E-state index in [1.54, 1.807) is 4.68 Å². The Morgan fingerprint density at radius 2 is 1.71 bits per heavy atom. The van der Waals surface area contributed by atoms with Gasteiger partial charge in [0.1, 0.15) is 10.7 Å². The summed E-state index contributed by atoms with van der Waals surface area (Å²) in [7, 11) is 0. The molecule has 0 spiro atoms. The molecule has 2 heterocycles. The lowest BCUT2D eigenvalue weighted by molar-refractivity contribution is 0.101. The number of carbonyl (C=O) groups is 1. The summed E-state index contributed by atoms with van der Waals surface area (Å²) in [4.78, 5) is 13.0. The molecule has 1 saturated carbocycles. The molecule has 1 aliphatic rings. The average molecular weight is 387 g/mol. The van der Waals surface area contributed by atoms with Crippen LogP contribution < -0.4 is 5.32 Å². The number of amides is 1. The van der Waals surface area contributed by atoms with Crippen LogP contribution in [-0.2, 0) is 0 Å². The number of rotatable bonds is 5. The zero-order chi connectivity index (χ0) is 18.9. The highest BCUT2D eigenvalue weighted by molar-refractivity contribution is 7.18. The number of para-hydroxylation sites is 1. The minimum absolute atomic E-state index is 0.237. The normalized spacial score (nSPS) is 13.4. The van der Waals surface area contributed by atoms with E-state index in [1.807, 2.05) is 66.7 Å². The number of anilines is 1. The average Bonchev–Trinajstić information content (AvgIpc) is 3.32. The number of aromatic nitrogens is 4. The first-order valence-corrected chi connectivity index (χ1v) is 9.95. The predicted molar refractivity (Wildman–Crippen MR) is 109 cm³/mol. The Hall–Kier alpha value is -3.32. The van der Waals surface area contributed by atoms with E-state index in [-0.39, 0.29) is 5.91 Å². The van der Waals surface area contributed by atoms with Gasteiger partial charge in [0, 0.05) is 11.5 Å². The van der Waals surface area contributed by atoms with Gasteiger partial charge in [-0.25, -0.2) is 4.68 Å². The van der Waals surface area contributed by atoms with Gasteiger partial charge in [0.05, 0.1) is 11.4 Å². The van der Waals surface area contributed by atoms with Gasteiger partial charge in [-0.1, -0.05) is 59.9 Å². The molecule has 0 radical (unpaired) electrons. The van der Waals surface area contributed by atoms with Crippen molar-refractivity contribution < 1.29 is 4.79 Å². The molecule has 6 nitrogen and oxygen atoms in total. The number of nitrogens with one attached hydrogen (secondary N) is 1. The molecule has 0 saturated heterocycles. The van der Waals surface area contributed by atoms with Crippen LogP contribution in [-0.4, -0.2) is 25.9 Å². The van der Waals surface area contributed by atoms with Crippen LogP contribution in [0.5, 0.6) is 0 Å². The fourth-order valence-electron chi connectivity index (χ4n) is 3.04. The van der Waals surface area contributed by atoms with Crippen molar-refractivity contribution in [1.82, 2.24) is 20.0 Å². The van der Waals surface area contributed by atoms with Crippen molar-refractivity contribution in [3.63, 3.8) is 0 Å². The van der Waals surface area contributed by atoms with E-state index < -0.39 is 0 Å². The Morgan fingerprint density at radius 1 is 1.00 bits per heavy atom. The predicted octanol–water partition coefficient (Wildman–Crippen LogP) is 4.52. The Kier molecular flexibility index (Phi) is 4.21. The lowest BCUT2D eigenvalue weighted by Gasteiger charge is -2.06. The highest BCUT2D eigenvalue weighted by Crippen LogP contribution is 2.40.